The highest BCUT2D eigenvalue weighted by molar-refractivity contribution is 5.94. The highest BCUT2D eigenvalue weighted by atomic mass is 16.5. The lowest BCUT2D eigenvalue weighted by Gasteiger charge is -2.13. The first-order chi connectivity index (χ1) is 11.3. The Morgan fingerprint density at radius 1 is 1.29 bits per heavy atom. The molecule has 8 nitrogen and oxygen atoms in total. The van der Waals surface area contributed by atoms with Crippen molar-refractivity contribution in [3.05, 3.63) is 35.7 Å². The van der Waals surface area contributed by atoms with Crippen LogP contribution in [-0.4, -0.2) is 56.6 Å². The molecule has 24 heavy (non-hydrogen) atoms. The van der Waals surface area contributed by atoms with Crippen LogP contribution in [0.15, 0.2) is 24.3 Å². The molecule has 0 saturated heterocycles. The van der Waals surface area contributed by atoms with E-state index in [4.69, 9.17) is 9.84 Å². The largest absolute Gasteiger partial charge is 0.491 e. The summed E-state index contributed by atoms with van der Waals surface area (Å²) in [6.45, 7) is 5.20. The molecular formula is C16H20N4O4. The fourth-order valence-corrected chi connectivity index (χ4v) is 2.17. The fraction of sp³-hybridized carbons (Fsp3) is 0.375. The number of carboxylic acids is 1. The number of aromatic nitrogens is 3. The first-order valence-electron chi connectivity index (χ1n) is 7.46. The zero-order chi connectivity index (χ0) is 17.9. The van der Waals surface area contributed by atoms with Crippen molar-refractivity contribution in [2.45, 2.75) is 26.9 Å². The summed E-state index contributed by atoms with van der Waals surface area (Å²) in [5.41, 5.74) is 1.40. The van der Waals surface area contributed by atoms with Gasteiger partial charge in [-0.15, -0.1) is 5.10 Å². The van der Waals surface area contributed by atoms with E-state index in [1.165, 1.54) is 11.7 Å². The van der Waals surface area contributed by atoms with Gasteiger partial charge in [0.25, 0.3) is 5.91 Å². The van der Waals surface area contributed by atoms with Crippen LogP contribution in [0.4, 0.5) is 0 Å². The average Bonchev–Trinajstić information content (AvgIpc) is 2.87. The van der Waals surface area contributed by atoms with E-state index in [0.717, 1.165) is 16.3 Å². The topological polar surface area (TPSA) is 97.5 Å². The fourth-order valence-electron chi connectivity index (χ4n) is 2.17. The van der Waals surface area contributed by atoms with E-state index in [-0.39, 0.29) is 11.8 Å². The summed E-state index contributed by atoms with van der Waals surface area (Å²) < 4.78 is 7.11. The predicted octanol–water partition coefficient (Wildman–Crippen LogP) is 1.52. The average molecular weight is 332 g/mol. The predicted molar refractivity (Wildman–Crippen MR) is 86.5 cm³/mol. The number of likely N-dealkylation sites (N-methyl/N-ethyl adjacent to an activating group) is 1. The van der Waals surface area contributed by atoms with Gasteiger partial charge < -0.3 is 14.7 Å². The van der Waals surface area contributed by atoms with Gasteiger partial charge in [-0.3, -0.25) is 9.59 Å². The molecule has 0 aliphatic carbocycles. The number of rotatable bonds is 6. The van der Waals surface area contributed by atoms with Crippen LogP contribution in [0.2, 0.25) is 0 Å². The Labute approximate surface area is 139 Å². The van der Waals surface area contributed by atoms with E-state index in [9.17, 15) is 9.59 Å². The van der Waals surface area contributed by atoms with Crippen LogP contribution in [-0.2, 0) is 4.79 Å². The molecule has 0 unspecified atom stereocenters. The molecule has 2 aromatic rings. The van der Waals surface area contributed by atoms with Gasteiger partial charge in [-0.1, -0.05) is 5.21 Å². The molecule has 0 saturated carbocycles. The molecule has 1 heterocycles. The van der Waals surface area contributed by atoms with Crippen molar-refractivity contribution < 1.29 is 19.4 Å². The summed E-state index contributed by atoms with van der Waals surface area (Å²) in [6, 6.07) is 7.26. The maximum atomic E-state index is 12.2. The highest BCUT2D eigenvalue weighted by Gasteiger charge is 2.22. The Hall–Kier alpha value is -2.90. The standard InChI is InChI=1S/C16H20N4O4/c1-10(2)24-13-7-5-12(6-8-13)20-11(3)15(17-18-20)16(23)19(4)9-14(21)22/h5-8,10H,9H2,1-4H3,(H,21,22). The minimum absolute atomic E-state index is 0.0814. The molecule has 1 aromatic heterocycles. The smallest absolute Gasteiger partial charge is 0.323 e. The summed E-state index contributed by atoms with van der Waals surface area (Å²) in [6.07, 6.45) is 0.0814. The second-order valence-corrected chi connectivity index (χ2v) is 5.65. The number of carbonyl (C=O) groups is 2. The SMILES string of the molecule is Cc1c(C(=O)N(C)CC(=O)O)nnn1-c1ccc(OC(C)C)cc1. The minimum Gasteiger partial charge on any atom is -0.491 e. The molecular weight excluding hydrogens is 312 g/mol. The highest BCUT2D eigenvalue weighted by Crippen LogP contribution is 2.18. The summed E-state index contributed by atoms with van der Waals surface area (Å²) in [7, 11) is 1.41. The van der Waals surface area contributed by atoms with Crippen LogP contribution < -0.4 is 4.74 Å². The Balaban J connectivity index is 2.23. The summed E-state index contributed by atoms with van der Waals surface area (Å²) in [4.78, 5) is 24.1. The maximum absolute atomic E-state index is 12.2. The van der Waals surface area contributed by atoms with E-state index in [1.807, 2.05) is 38.1 Å². The number of amides is 1. The zero-order valence-electron chi connectivity index (χ0n) is 14.1. The molecule has 128 valence electrons. The van der Waals surface area contributed by atoms with Crippen molar-refractivity contribution in [2.75, 3.05) is 13.6 Å². The normalized spacial score (nSPS) is 10.7. The van der Waals surface area contributed by atoms with Crippen molar-refractivity contribution in [3.8, 4) is 11.4 Å². The zero-order valence-corrected chi connectivity index (χ0v) is 14.1. The number of benzene rings is 1. The third kappa shape index (κ3) is 3.89. The summed E-state index contributed by atoms with van der Waals surface area (Å²) >= 11 is 0. The third-order valence-corrected chi connectivity index (χ3v) is 3.27. The molecule has 1 amide bonds. The van der Waals surface area contributed by atoms with Gasteiger partial charge in [-0.25, -0.2) is 4.68 Å². The molecule has 0 atom stereocenters. The van der Waals surface area contributed by atoms with Crippen molar-refractivity contribution in [1.29, 1.82) is 0 Å². The molecule has 0 radical (unpaired) electrons. The lowest BCUT2D eigenvalue weighted by atomic mass is 10.2. The molecule has 0 fully saturated rings. The Morgan fingerprint density at radius 2 is 1.92 bits per heavy atom. The Morgan fingerprint density at radius 3 is 2.46 bits per heavy atom. The van der Waals surface area contributed by atoms with Crippen LogP contribution in [0.3, 0.4) is 0 Å². The maximum Gasteiger partial charge on any atom is 0.323 e. The number of hydrogen-bond acceptors (Lipinski definition) is 5. The first kappa shape index (κ1) is 17.5. The van der Waals surface area contributed by atoms with Crippen LogP contribution in [0.1, 0.15) is 30.0 Å². The van der Waals surface area contributed by atoms with Crippen LogP contribution in [0.5, 0.6) is 5.75 Å². The van der Waals surface area contributed by atoms with E-state index >= 15 is 0 Å². The van der Waals surface area contributed by atoms with Gasteiger partial charge in [0.2, 0.25) is 0 Å². The van der Waals surface area contributed by atoms with Gasteiger partial charge in [0.15, 0.2) is 5.69 Å². The summed E-state index contributed by atoms with van der Waals surface area (Å²) in [5, 5.41) is 16.7. The van der Waals surface area contributed by atoms with E-state index < -0.39 is 18.4 Å². The quantitative estimate of drug-likeness (QED) is 0.861. The third-order valence-electron chi connectivity index (χ3n) is 3.27. The van der Waals surface area contributed by atoms with Gasteiger partial charge >= 0.3 is 5.97 Å². The number of ether oxygens (including phenoxy) is 1. The number of aliphatic carboxylic acids is 1. The van der Waals surface area contributed by atoms with Gasteiger partial charge in [-0.2, -0.15) is 0 Å². The molecule has 0 spiro atoms. The second kappa shape index (κ2) is 7.12. The number of nitrogens with zero attached hydrogens (tertiary/aromatic N) is 4. The van der Waals surface area contributed by atoms with Crippen molar-refractivity contribution >= 4 is 11.9 Å². The van der Waals surface area contributed by atoms with Crippen molar-refractivity contribution in [3.63, 3.8) is 0 Å². The van der Waals surface area contributed by atoms with Gasteiger partial charge in [0.05, 0.1) is 17.5 Å². The van der Waals surface area contributed by atoms with Crippen molar-refractivity contribution in [2.24, 2.45) is 0 Å². The second-order valence-electron chi connectivity index (χ2n) is 5.65. The molecule has 0 aliphatic heterocycles. The van der Waals surface area contributed by atoms with E-state index in [1.54, 1.807) is 6.92 Å². The molecule has 8 heteroatoms. The van der Waals surface area contributed by atoms with Gasteiger partial charge in [0.1, 0.15) is 12.3 Å². The van der Waals surface area contributed by atoms with Crippen molar-refractivity contribution in [1.82, 2.24) is 19.9 Å². The Kier molecular flexibility index (Phi) is 5.18. The van der Waals surface area contributed by atoms with Crippen LogP contribution >= 0.6 is 0 Å². The molecule has 0 bridgehead atoms. The van der Waals surface area contributed by atoms with Crippen LogP contribution in [0.25, 0.3) is 5.69 Å². The molecule has 1 N–H and O–H groups in total. The van der Waals surface area contributed by atoms with E-state index in [2.05, 4.69) is 10.3 Å². The number of hydrogen-bond donors (Lipinski definition) is 1. The van der Waals surface area contributed by atoms with E-state index in [0.29, 0.717) is 5.69 Å². The van der Waals surface area contributed by atoms with Crippen LogP contribution in [0, 0.1) is 6.92 Å². The van der Waals surface area contributed by atoms with Gasteiger partial charge in [-0.05, 0) is 45.0 Å². The lowest BCUT2D eigenvalue weighted by molar-refractivity contribution is -0.137. The number of carboxylic acid groups (broad SMARTS) is 1. The summed E-state index contributed by atoms with van der Waals surface area (Å²) in [5.74, 6) is -0.832. The first-order valence-corrected chi connectivity index (χ1v) is 7.46. The molecule has 0 aliphatic rings. The minimum atomic E-state index is -1.09. The Bertz CT molecular complexity index is 737. The van der Waals surface area contributed by atoms with Gasteiger partial charge in [0, 0.05) is 7.05 Å². The monoisotopic (exact) mass is 332 g/mol. The molecule has 2 rings (SSSR count). The molecule has 1 aromatic carbocycles. The lowest BCUT2D eigenvalue weighted by Crippen LogP contribution is -2.32. The number of carbonyl (C=O) groups excluding carboxylic acids is 1.